The number of benzene rings is 2. The fraction of sp³-hybridized carbons (Fsp3) is 0.0909. The van der Waals surface area contributed by atoms with Gasteiger partial charge in [0.1, 0.15) is 5.56 Å². The maximum atomic E-state index is 13.1. The van der Waals surface area contributed by atoms with Gasteiger partial charge in [0, 0.05) is 18.1 Å². The van der Waals surface area contributed by atoms with Crippen LogP contribution in [0.4, 0.5) is 5.69 Å². The minimum atomic E-state index is -0.178. The minimum absolute atomic E-state index is 0.178. The topological polar surface area (TPSA) is 51.9 Å². The first kappa shape index (κ1) is 16.8. The summed E-state index contributed by atoms with van der Waals surface area (Å²) in [5.41, 5.74) is 4.03. The number of hydrogen-bond donors (Lipinski definition) is 1. The van der Waals surface area contributed by atoms with E-state index >= 15 is 0 Å². The van der Waals surface area contributed by atoms with Crippen LogP contribution in [0.5, 0.6) is 0 Å². The van der Waals surface area contributed by atoms with Crippen molar-refractivity contribution in [2.24, 2.45) is 0 Å². The van der Waals surface area contributed by atoms with Gasteiger partial charge in [0.05, 0.1) is 11.4 Å². The first-order chi connectivity index (χ1) is 13.1. The third-order valence-electron chi connectivity index (χ3n) is 4.42. The number of nitrogens with one attached hydrogen (secondary N) is 1. The Bertz CT molecular complexity index is 1060. The number of carbonyl (C=O) groups excluding carboxylic acids is 1. The molecule has 5 nitrogen and oxygen atoms in total. The zero-order chi connectivity index (χ0) is 18.8. The number of anilines is 1. The molecule has 4 rings (SSSR count). The minimum Gasteiger partial charge on any atom is -0.322 e. The third-order valence-corrected chi connectivity index (χ3v) is 4.42. The highest BCUT2D eigenvalue weighted by Gasteiger charge is 2.23. The lowest BCUT2D eigenvalue weighted by Gasteiger charge is -2.11. The largest absolute Gasteiger partial charge is 0.322 e. The lowest BCUT2D eigenvalue weighted by atomic mass is 10.2. The Balaban J connectivity index is 1.81. The first-order valence-corrected chi connectivity index (χ1v) is 8.80. The molecule has 27 heavy (non-hydrogen) atoms. The Morgan fingerprint density at radius 2 is 1.56 bits per heavy atom. The second-order valence-corrected chi connectivity index (χ2v) is 6.44. The number of para-hydroxylation sites is 1. The van der Waals surface area contributed by atoms with Crippen molar-refractivity contribution in [3.05, 3.63) is 95.9 Å². The van der Waals surface area contributed by atoms with Crippen molar-refractivity contribution in [3.8, 4) is 11.5 Å². The van der Waals surface area contributed by atoms with E-state index < -0.39 is 0 Å². The third kappa shape index (κ3) is 3.27. The van der Waals surface area contributed by atoms with Crippen LogP contribution < -0.4 is 5.32 Å². The van der Waals surface area contributed by atoms with E-state index in [2.05, 4.69) is 10.4 Å². The van der Waals surface area contributed by atoms with Gasteiger partial charge < -0.3 is 9.88 Å². The highest BCUT2D eigenvalue weighted by atomic mass is 16.1. The van der Waals surface area contributed by atoms with Crippen molar-refractivity contribution in [1.82, 2.24) is 14.3 Å². The zero-order valence-electron chi connectivity index (χ0n) is 15.3. The van der Waals surface area contributed by atoms with E-state index in [0.717, 1.165) is 16.9 Å². The number of aromatic nitrogens is 3. The molecule has 0 fully saturated rings. The molecule has 0 radical (unpaired) electrons. The van der Waals surface area contributed by atoms with E-state index in [0.29, 0.717) is 17.1 Å². The van der Waals surface area contributed by atoms with Crippen molar-refractivity contribution in [2.45, 2.75) is 13.8 Å². The van der Waals surface area contributed by atoms with Gasteiger partial charge in [-0.15, -0.1) is 0 Å². The Kier molecular flexibility index (Phi) is 4.34. The van der Waals surface area contributed by atoms with Crippen LogP contribution in [0.2, 0.25) is 0 Å². The number of hydrogen-bond acceptors (Lipinski definition) is 2. The van der Waals surface area contributed by atoms with E-state index in [-0.39, 0.29) is 5.91 Å². The molecule has 2 heterocycles. The highest BCUT2D eigenvalue weighted by molar-refractivity contribution is 6.07. The number of nitrogens with zero attached hydrogens (tertiary/aromatic N) is 3. The van der Waals surface area contributed by atoms with Crippen LogP contribution in [0.15, 0.2) is 79.1 Å². The van der Waals surface area contributed by atoms with Crippen molar-refractivity contribution < 1.29 is 4.79 Å². The molecule has 134 valence electrons. The molecule has 4 aromatic rings. The molecule has 0 saturated heterocycles. The summed E-state index contributed by atoms with van der Waals surface area (Å²) in [7, 11) is 0. The SMILES string of the molecule is Cc1ccc(NC(=O)c2c(C)nn(-c3ccccc3)c2-n2cccc2)cc1. The Hall–Kier alpha value is -3.60. The predicted molar refractivity (Wildman–Crippen MR) is 107 cm³/mol. The molecule has 5 heteroatoms. The molecule has 0 atom stereocenters. The van der Waals surface area contributed by atoms with Crippen LogP contribution in [0.25, 0.3) is 11.5 Å². The van der Waals surface area contributed by atoms with Gasteiger partial charge in [0.25, 0.3) is 5.91 Å². The molecule has 1 N–H and O–H groups in total. The molecule has 0 aliphatic rings. The zero-order valence-corrected chi connectivity index (χ0v) is 15.3. The fourth-order valence-electron chi connectivity index (χ4n) is 3.07. The molecule has 2 aromatic heterocycles. The molecule has 0 unspecified atom stereocenters. The van der Waals surface area contributed by atoms with E-state index in [1.807, 2.05) is 97.5 Å². The number of carbonyl (C=O) groups is 1. The van der Waals surface area contributed by atoms with Gasteiger partial charge in [-0.25, -0.2) is 4.68 Å². The lowest BCUT2D eigenvalue weighted by Crippen LogP contribution is -2.16. The van der Waals surface area contributed by atoms with Crippen LogP contribution >= 0.6 is 0 Å². The summed E-state index contributed by atoms with van der Waals surface area (Å²) in [4.78, 5) is 13.1. The molecular weight excluding hydrogens is 336 g/mol. The Morgan fingerprint density at radius 1 is 0.889 bits per heavy atom. The van der Waals surface area contributed by atoms with Gasteiger partial charge >= 0.3 is 0 Å². The van der Waals surface area contributed by atoms with E-state index in [4.69, 9.17) is 0 Å². The van der Waals surface area contributed by atoms with Crippen LogP contribution in [-0.2, 0) is 0 Å². The molecular formula is C22H20N4O. The summed E-state index contributed by atoms with van der Waals surface area (Å²) >= 11 is 0. The van der Waals surface area contributed by atoms with Gasteiger partial charge in [0.15, 0.2) is 5.82 Å². The molecule has 0 spiro atoms. The first-order valence-electron chi connectivity index (χ1n) is 8.80. The van der Waals surface area contributed by atoms with Crippen molar-refractivity contribution >= 4 is 11.6 Å². The normalized spacial score (nSPS) is 10.7. The van der Waals surface area contributed by atoms with Crippen molar-refractivity contribution in [1.29, 1.82) is 0 Å². The summed E-state index contributed by atoms with van der Waals surface area (Å²) in [5, 5.41) is 7.64. The predicted octanol–water partition coefficient (Wildman–Crippen LogP) is 4.53. The number of rotatable bonds is 4. The van der Waals surface area contributed by atoms with Gasteiger partial charge in [-0.1, -0.05) is 35.9 Å². The average Bonchev–Trinajstić information content (AvgIpc) is 3.31. The average molecular weight is 356 g/mol. The molecule has 2 aromatic carbocycles. The van der Waals surface area contributed by atoms with Crippen molar-refractivity contribution in [3.63, 3.8) is 0 Å². The van der Waals surface area contributed by atoms with Crippen LogP contribution in [0, 0.1) is 13.8 Å². The molecule has 0 aliphatic heterocycles. The Labute approximate surface area is 157 Å². The summed E-state index contributed by atoms with van der Waals surface area (Å²) in [6, 6.07) is 21.4. The second-order valence-electron chi connectivity index (χ2n) is 6.44. The van der Waals surface area contributed by atoms with Gasteiger partial charge in [-0.05, 0) is 50.2 Å². The number of amides is 1. The molecule has 0 aliphatic carbocycles. The highest BCUT2D eigenvalue weighted by Crippen LogP contribution is 2.24. The quantitative estimate of drug-likeness (QED) is 0.584. The summed E-state index contributed by atoms with van der Waals surface area (Å²) in [6.07, 6.45) is 3.83. The molecule has 1 amide bonds. The summed E-state index contributed by atoms with van der Waals surface area (Å²) in [5.74, 6) is 0.538. The van der Waals surface area contributed by atoms with Gasteiger partial charge in [0.2, 0.25) is 0 Å². The van der Waals surface area contributed by atoms with Gasteiger partial charge in [-0.3, -0.25) is 4.79 Å². The van der Waals surface area contributed by atoms with E-state index in [1.54, 1.807) is 4.68 Å². The van der Waals surface area contributed by atoms with Gasteiger partial charge in [-0.2, -0.15) is 5.10 Å². The van der Waals surface area contributed by atoms with E-state index in [9.17, 15) is 4.79 Å². The summed E-state index contributed by atoms with van der Waals surface area (Å²) < 4.78 is 3.72. The second kappa shape index (κ2) is 6.96. The Morgan fingerprint density at radius 3 is 2.22 bits per heavy atom. The molecule has 0 saturated carbocycles. The van der Waals surface area contributed by atoms with Crippen LogP contribution in [0.1, 0.15) is 21.6 Å². The summed E-state index contributed by atoms with van der Waals surface area (Å²) in [6.45, 7) is 3.88. The van der Waals surface area contributed by atoms with E-state index in [1.165, 1.54) is 0 Å². The monoisotopic (exact) mass is 356 g/mol. The smallest absolute Gasteiger partial charge is 0.261 e. The fourth-order valence-corrected chi connectivity index (χ4v) is 3.07. The van der Waals surface area contributed by atoms with Crippen LogP contribution in [-0.4, -0.2) is 20.3 Å². The standard InChI is InChI=1S/C22H20N4O/c1-16-10-12-18(13-11-16)23-21(27)20-17(2)24-26(19-8-4-3-5-9-19)22(20)25-14-6-7-15-25/h3-15H,1-2H3,(H,23,27). The number of aryl methyl sites for hydroxylation is 2. The maximum Gasteiger partial charge on any atom is 0.261 e. The molecule has 0 bridgehead atoms. The maximum absolute atomic E-state index is 13.1. The van der Waals surface area contributed by atoms with Crippen LogP contribution in [0.3, 0.4) is 0 Å². The lowest BCUT2D eigenvalue weighted by molar-refractivity contribution is 0.102. The van der Waals surface area contributed by atoms with Crippen molar-refractivity contribution in [2.75, 3.05) is 5.32 Å².